The predicted octanol–water partition coefficient (Wildman–Crippen LogP) is 4.32. The second-order valence-corrected chi connectivity index (χ2v) is 12.2. The molecule has 43 heavy (non-hydrogen) atoms. The summed E-state index contributed by atoms with van der Waals surface area (Å²) < 4.78 is 5.40. The minimum Gasteiger partial charge on any atom is -0.466 e. The molecule has 11 heteroatoms. The lowest BCUT2D eigenvalue weighted by atomic mass is 9.86. The number of esters is 1. The van der Waals surface area contributed by atoms with E-state index in [0.717, 1.165) is 65.0 Å². The molecule has 0 unspecified atom stereocenters. The van der Waals surface area contributed by atoms with Crippen LogP contribution in [0.5, 0.6) is 0 Å². The molecule has 1 aliphatic carbocycles. The highest BCUT2D eigenvalue weighted by Crippen LogP contribution is 2.38. The van der Waals surface area contributed by atoms with Crippen LogP contribution in [0.2, 0.25) is 0 Å². The second kappa shape index (κ2) is 22.4. The Bertz CT molecular complexity index is 818. The maximum atomic E-state index is 12.3. The SMILES string of the molecule is CCCCCCCC(=O)CC[C@@H]1[C@@H](C/C=C\CCCC(=O)OCCCN2CCN(CCCO[N+](=O)[O-])CC2)[C@@H](O)C[C@H]1O. The minimum atomic E-state index is -0.751. The summed E-state index contributed by atoms with van der Waals surface area (Å²) in [6.45, 7) is 8.12. The van der Waals surface area contributed by atoms with Gasteiger partial charge in [-0.05, 0) is 63.2 Å². The van der Waals surface area contributed by atoms with Crippen molar-refractivity contribution >= 4 is 11.8 Å². The number of Topliss-reactive ketones (excluding diaryl/α,β-unsaturated/α-hetero) is 1. The standard InChI is InChI=1S/C32H57N3O8/c1-2-3-4-5-8-13-27(36)16-17-29-28(30(37)26-31(29)38)14-9-6-7-10-15-32(39)42-24-11-18-33-20-22-34(23-21-33)19-12-25-43-35(40)41/h6,9,28-31,37-38H,2-5,7-8,10-26H2,1H3/b9-6-/t28-,29-,30+,31-/m1/s1. The Balaban J connectivity index is 1.50. The Morgan fingerprint density at radius 3 is 2.16 bits per heavy atom. The Morgan fingerprint density at radius 1 is 0.837 bits per heavy atom. The molecule has 1 saturated carbocycles. The largest absolute Gasteiger partial charge is 0.466 e. The van der Waals surface area contributed by atoms with Crippen LogP contribution >= 0.6 is 0 Å². The van der Waals surface area contributed by atoms with Crippen LogP contribution in [0, 0.1) is 22.0 Å². The molecule has 1 aliphatic heterocycles. The number of ether oxygens (including phenoxy) is 1. The average molecular weight is 612 g/mol. The number of nitrogens with zero attached hydrogens (tertiary/aromatic N) is 3. The van der Waals surface area contributed by atoms with E-state index in [9.17, 15) is 29.9 Å². The summed E-state index contributed by atoms with van der Waals surface area (Å²) in [5.41, 5.74) is 0. The highest BCUT2D eigenvalue weighted by atomic mass is 16.9. The van der Waals surface area contributed by atoms with E-state index in [1.54, 1.807) is 0 Å². The number of allylic oxidation sites excluding steroid dienone is 2. The fourth-order valence-electron chi connectivity index (χ4n) is 6.23. The molecular formula is C32H57N3O8. The molecule has 0 amide bonds. The average Bonchev–Trinajstić information content (AvgIpc) is 3.25. The van der Waals surface area contributed by atoms with Crippen LogP contribution in [0.4, 0.5) is 0 Å². The number of piperazine rings is 1. The summed E-state index contributed by atoms with van der Waals surface area (Å²) >= 11 is 0. The van der Waals surface area contributed by atoms with Gasteiger partial charge in [0.2, 0.25) is 0 Å². The molecule has 0 bridgehead atoms. The predicted molar refractivity (Wildman–Crippen MR) is 165 cm³/mol. The molecule has 2 aliphatic rings. The molecule has 2 fully saturated rings. The van der Waals surface area contributed by atoms with Gasteiger partial charge in [-0.15, -0.1) is 10.1 Å². The first-order valence-electron chi connectivity index (χ1n) is 16.7. The molecular weight excluding hydrogens is 554 g/mol. The number of hydrogen-bond donors (Lipinski definition) is 2. The van der Waals surface area contributed by atoms with Crippen molar-refractivity contribution in [3.8, 4) is 0 Å². The van der Waals surface area contributed by atoms with Gasteiger partial charge in [0.05, 0.1) is 25.4 Å². The van der Waals surface area contributed by atoms with Crippen molar-refractivity contribution in [1.82, 2.24) is 9.80 Å². The lowest BCUT2D eigenvalue weighted by Crippen LogP contribution is -2.47. The monoisotopic (exact) mass is 611 g/mol. The van der Waals surface area contributed by atoms with Crippen molar-refractivity contribution in [1.29, 1.82) is 0 Å². The van der Waals surface area contributed by atoms with Crippen molar-refractivity contribution in [3.63, 3.8) is 0 Å². The van der Waals surface area contributed by atoms with Gasteiger partial charge in [0.1, 0.15) is 5.78 Å². The number of ketones is 1. The Hall–Kier alpha value is -2.08. The zero-order valence-electron chi connectivity index (χ0n) is 26.4. The van der Waals surface area contributed by atoms with Crippen molar-refractivity contribution in [2.45, 2.75) is 115 Å². The molecule has 0 radical (unpaired) electrons. The van der Waals surface area contributed by atoms with E-state index < -0.39 is 17.3 Å². The Labute approximate surface area is 258 Å². The summed E-state index contributed by atoms with van der Waals surface area (Å²) in [7, 11) is 0. The van der Waals surface area contributed by atoms with E-state index in [2.05, 4.69) is 21.6 Å². The Kier molecular flexibility index (Phi) is 19.4. The number of aliphatic hydroxyl groups is 2. The smallest absolute Gasteiger partial charge is 0.305 e. The minimum absolute atomic E-state index is 0.0353. The van der Waals surface area contributed by atoms with E-state index in [1.165, 1.54) is 19.3 Å². The lowest BCUT2D eigenvalue weighted by molar-refractivity contribution is -0.757. The van der Waals surface area contributed by atoms with Gasteiger partial charge in [0.25, 0.3) is 5.09 Å². The number of hydrogen-bond acceptors (Lipinski definition) is 10. The third kappa shape index (κ3) is 16.5. The van der Waals surface area contributed by atoms with Crippen LogP contribution in [0.3, 0.4) is 0 Å². The van der Waals surface area contributed by atoms with Gasteiger partial charge < -0.3 is 29.6 Å². The van der Waals surface area contributed by atoms with Crippen molar-refractivity contribution in [2.75, 3.05) is 52.5 Å². The van der Waals surface area contributed by atoms with Crippen LogP contribution < -0.4 is 0 Å². The molecule has 248 valence electrons. The fourth-order valence-corrected chi connectivity index (χ4v) is 6.23. The van der Waals surface area contributed by atoms with Crippen LogP contribution in [-0.4, -0.2) is 102 Å². The topological polar surface area (TPSA) is 143 Å². The zero-order chi connectivity index (χ0) is 31.3. The number of aliphatic hydroxyl groups excluding tert-OH is 2. The molecule has 0 aromatic heterocycles. The van der Waals surface area contributed by atoms with Gasteiger partial charge >= 0.3 is 5.97 Å². The number of carbonyl (C=O) groups excluding carboxylic acids is 2. The van der Waals surface area contributed by atoms with Gasteiger partial charge in [0.15, 0.2) is 0 Å². The maximum absolute atomic E-state index is 12.3. The van der Waals surface area contributed by atoms with Gasteiger partial charge in [-0.1, -0.05) is 44.8 Å². The molecule has 4 atom stereocenters. The summed E-state index contributed by atoms with van der Waals surface area (Å²) in [5.74, 6) is -0.00159. The third-order valence-electron chi connectivity index (χ3n) is 8.83. The molecule has 11 nitrogen and oxygen atoms in total. The van der Waals surface area contributed by atoms with Gasteiger partial charge in [-0.2, -0.15) is 0 Å². The molecule has 1 saturated heterocycles. The van der Waals surface area contributed by atoms with Crippen LogP contribution in [0.25, 0.3) is 0 Å². The van der Waals surface area contributed by atoms with E-state index in [0.29, 0.717) is 58.0 Å². The van der Waals surface area contributed by atoms with Crippen LogP contribution in [0.15, 0.2) is 12.2 Å². The number of unbranched alkanes of at least 4 members (excludes halogenated alkanes) is 5. The molecule has 2 rings (SSSR count). The molecule has 1 heterocycles. The highest BCUT2D eigenvalue weighted by molar-refractivity contribution is 5.78. The lowest BCUT2D eigenvalue weighted by Gasteiger charge is -2.34. The summed E-state index contributed by atoms with van der Waals surface area (Å²) in [4.78, 5) is 43.6. The summed E-state index contributed by atoms with van der Waals surface area (Å²) in [6, 6.07) is 0. The number of carbonyl (C=O) groups is 2. The molecule has 0 aromatic carbocycles. The first-order chi connectivity index (χ1) is 20.8. The quantitative estimate of drug-likeness (QED) is 0.0533. The first kappa shape index (κ1) is 37.1. The van der Waals surface area contributed by atoms with E-state index in [1.807, 2.05) is 12.2 Å². The first-order valence-corrected chi connectivity index (χ1v) is 16.7. The van der Waals surface area contributed by atoms with E-state index >= 15 is 0 Å². The van der Waals surface area contributed by atoms with E-state index in [-0.39, 0.29) is 30.2 Å². The highest BCUT2D eigenvalue weighted by Gasteiger charge is 2.40. The van der Waals surface area contributed by atoms with Crippen LogP contribution in [0.1, 0.15) is 103 Å². The van der Waals surface area contributed by atoms with Crippen LogP contribution in [-0.2, 0) is 19.2 Å². The van der Waals surface area contributed by atoms with Gasteiger partial charge in [0, 0.05) is 58.5 Å². The second-order valence-electron chi connectivity index (χ2n) is 12.2. The molecule has 2 N–H and O–H groups in total. The van der Waals surface area contributed by atoms with Crippen molar-refractivity contribution < 1.29 is 34.5 Å². The number of rotatable bonds is 24. The van der Waals surface area contributed by atoms with Gasteiger partial charge in [-0.3, -0.25) is 9.59 Å². The third-order valence-corrected chi connectivity index (χ3v) is 8.83. The summed E-state index contributed by atoms with van der Waals surface area (Å²) in [6.07, 6.45) is 14.7. The molecule has 0 aromatic rings. The van der Waals surface area contributed by atoms with Crippen molar-refractivity contribution in [2.24, 2.45) is 11.8 Å². The molecule has 0 spiro atoms. The fraction of sp³-hybridized carbons (Fsp3) is 0.875. The summed E-state index contributed by atoms with van der Waals surface area (Å²) in [5, 5.41) is 30.4. The normalized spacial score (nSPS) is 23.1. The zero-order valence-corrected chi connectivity index (χ0v) is 26.4. The van der Waals surface area contributed by atoms with E-state index in [4.69, 9.17) is 4.74 Å². The Morgan fingerprint density at radius 2 is 1.49 bits per heavy atom. The van der Waals surface area contributed by atoms with Gasteiger partial charge in [-0.25, -0.2) is 0 Å². The van der Waals surface area contributed by atoms with Crippen molar-refractivity contribution in [3.05, 3.63) is 22.3 Å². The maximum Gasteiger partial charge on any atom is 0.305 e.